The minimum atomic E-state index is 0.622. The molecule has 2 N–H and O–H groups in total. The number of hydrogen-bond acceptors (Lipinski definition) is 3. The summed E-state index contributed by atoms with van der Waals surface area (Å²) in [6.07, 6.45) is 0. The summed E-state index contributed by atoms with van der Waals surface area (Å²) in [6, 6.07) is 1.75. The van der Waals surface area contributed by atoms with Crippen LogP contribution in [0.5, 0.6) is 0 Å². The quantitative estimate of drug-likeness (QED) is 0.557. The molecular weight excluding hydrogens is 104 g/mol. The van der Waals surface area contributed by atoms with Crippen LogP contribution in [0.25, 0.3) is 0 Å². The van der Waals surface area contributed by atoms with E-state index < -0.39 is 0 Å². The van der Waals surface area contributed by atoms with Gasteiger partial charge in [0.25, 0.3) is 0 Å². The Bertz CT molecular complexity index is 55.9. The smallest absolute Gasteiger partial charge is 0.0587 e. The predicted octanol–water partition coefficient (Wildman–Crippen LogP) is 0.121. The van der Waals surface area contributed by atoms with Crippen LogP contribution in [0.15, 0.2) is 0 Å². The third kappa shape index (κ3) is 52.9. The second-order valence-electron chi connectivity index (χ2n) is 1.01. The highest BCUT2D eigenvalue weighted by atomic mass is 16.5. The summed E-state index contributed by atoms with van der Waals surface area (Å²) in [7, 11) is 1.63. The summed E-state index contributed by atoms with van der Waals surface area (Å²) in [5.74, 6) is 0. The Balaban J connectivity index is 0. The summed E-state index contributed by atoms with van der Waals surface area (Å²) in [5.41, 5.74) is 5.01. The molecule has 0 radical (unpaired) electrons. The van der Waals surface area contributed by atoms with E-state index in [4.69, 9.17) is 11.0 Å². The zero-order valence-corrected chi connectivity index (χ0v) is 5.35. The molecule has 0 amide bonds. The van der Waals surface area contributed by atoms with Gasteiger partial charge in [-0.05, 0) is 0 Å². The van der Waals surface area contributed by atoms with E-state index in [0.717, 1.165) is 0 Å². The standard InChI is InChI=1S/C3H9NO.C2H3N/c1-5-3-2-4;1-2-3/h2-4H2,1H3;1H3. The lowest BCUT2D eigenvalue weighted by Crippen LogP contribution is -2.05. The molecule has 0 aliphatic carbocycles. The molecule has 0 saturated carbocycles. The fraction of sp³-hybridized carbons (Fsp3) is 0.800. The molecule has 8 heavy (non-hydrogen) atoms. The third-order valence-electron chi connectivity index (χ3n) is 0.322. The van der Waals surface area contributed by atoms with Crippen molar-refractivity contribution < 1.29 is 4.74 Å². The first-order chi connectivity index (χ1) is 3.83. The van der Waals surface area contributed by atoms with Gasteiger partial charge in [0, 0.05) is 20.6 Å². The van der Waals surface area contributed by atoms with E-state index in [-0.39, 0.29) is 0 Å². The van der Waals surface area contributed by atoms with Crippen LogP contribution in [-0.2, 0) is 4.74 Å². The fourth-order valence-electron chi connectivity index (χ4n) is 0.118. The lowest BCUT2D eigenvalue weighted by molar-refractivity contribution is 0.207. The molecule has 0 spiro atoms. The average Bonchev–Trinajstić information content (AvgIpc) is 1.71. The molecule has 0 atom stereocenters. The molecule has 0 rings (SSSR count). The van der Waals surface area contributed by atoms with E-state index in [9.17, 15) is 0 Å². The number of ether oxygens (including phenoxy) is 1. The fourth-order valence-corrected chi connectivity index (χ4v) is 0.118. The van der Waals surface area contributed by atoms with E-state index in [1.54, 1.807) is 13.2 Å². The maximum absolute atomic E-state index is 7.32. The van der Waals surface area contributed by atoms with Crippen molar-refractivity contribution >= 4 is 0 Å². The van der Waals surface area contributed by atoms with E-state index in [2.05, 4.69) is 4.74 Å². The maximum Gasteiger partial charge on any atom is 0.0587 e. The molecular formula is C5H12N2O. The Morgan fingerprint density at radius 3 is 2.12 bits per heavy atom. The van der Waals surface area contributed by atoms with Crippen LogP contribution < -0.4 is 5.73 Å². The van der Waals surface area contributed by atoms with Crippen molar-refractivity contribution in [2.24, 2.45) is 5.73 Å². The van der Waals surface area contributed by atoms with E-state index >= 15 is 0 Å². The van der Waals surface area contributed by atoms with Gasteiger partial charge in [0.15, 0.2) is 0 Å². The van der Waals surface area contributed by atoms with Crippen molar-refractivity contribution in [1.82, 2.24) is 0 Å². The summed E-state index contributed by atoms with van der Waals surface area (Å²) in [6.45, 7) is 2.72. The van der Waals surface area contributed by atoms with Gasteiger partial charge < -0.3 is 10.5 Å². The van der Waals surface area contributed by atoms with E-state index in [1.165, 1.54) is 6.92 Å². The summed E-state index contributed by atoms with van der Waals surface area (Å²) >= 11 is 0. The highest BCUT2D eigenvalue weighted by Gasteiger charge is 1.65. The predicted molar refractivity (Wildman–Crippen MR) is 32.2 cm³/mol. The summed E-state index contributed by atoms with van der Waals surface area (Å²) in [4.78, 5) is 0. The molecule has 0 aliphatic heterocycles. The zero-order chi connectivity index (χ0) is 6.83. The van der Waals surface area contributed by atoms with Crippen molar-refractivity contribution in [3.63, 3.8) is 0 Å². The van der Waals surface area contributed by atoms with Crippen LogP contribution in [0.3, 0.4) is 0 Å². The molecule has 0 aromatic carbocycles. The van der Waals surface area contributed by atoms with Crippen LogP contribution >= 0.6 is 0 Å². The largest absolute Gasteiger partial charge is 0.383 e. The Kier molecular flexibility index (Phi) is 21.0. The monoisotopic (exact) mass is 116 g/mol. The Morgan fingerprint density at radius 1 is 1.75 bits per heavy atom. The molecule has 0 fully saturated rings. The highest BCUT2D eigenvalue weighted by molar-refractivity contribution is 4.51. The molecule has 3 heteroatoms. The molecule has 0 aromatic heterocycles. The Hall–Kier alpha value is -0.590. The lowest BCUT2D eigenvalue weighted by Gasteiger charge is -1.85. The van der Waals surface area contributed by atoms with Crippen molar-refractivity contribution in [2.75, 3.05) is 20.3 Å². The number of methoxy groups -OCH3 is 1. The Labute approximate surface area is 50.1 Å². The van der Waals surface area contributed by atoms with Crippen molar-refractivity contribution in [3.8, 4) is 6.07 Å². The number of nitrogens with two attached hydrogens (primary N) is 1. The average molecular weight is 116 g/mol. The van der Waals surface area contributed by atoms with Gasteiger partial charge in [-0.2, -0.15) is 5.26 Å². The third-order valence-corrected chi connectivity index (χ3v) is 0.322. The SMILES string of the molecule is CC#N.COCCN. The summed E-state index contributed by atoms with van der Waals surface area (Å²) < 4.78 is 4.57. The van der Waals surface area contributed by atoms with Crippen molar-refractivity contribution in [2.45, 2.75) is 6.92 Å². The lowest BCUT2D eigenvalue weighted by atomic mass is 10.7. The maximum atomic E-state index is 7.32. The number of hydrogen-bond donors (Lipinski definition) is 1. The van der Waals surface area contributed by atoms with E-state index in [0.29, 0.717) is 13.2 Å². The Morgan fingerprint density at radius 2 is 2.12 bits per heavy atom. The van der Waals surface area contributed by atoms with Crippen LogP contribution in [0, 0.1) is 11.3 Å². The molecule has 0 heterocycles. The van der Waals surface area contributed by atoms with Crippen LogP contribution in [0.1, 0.15) is 6.92 Å². The molecule has 0 saturated heterocycles. The van der Waals surface area contributed by atoms with Gasteiger partial charge in [0.05, 0.1) is 12.7 Å². The minimum Gasteiger partial charge on any atom is -0.383 e. The highest BCUT2D eigenvalue weighted by Crippen LogP contribution is 1.53. The molecule has 48 valence electrons. The van der Waals surface area contributed by atoms with Gasteiger partial charge in [0.2, 0.25) is 0 Å². The first-order valence-electron chi connectivity index (χ1n) is 2.33. The van der Waals surface area contributed by atoms with Gasteiger partial charge >= 0.3 is 0 Å². The van der Waals surface area contributed by atoms with Gasteiger partial charge in [-0.25, -0.2) is 0 Å². The number of nitriles is 1. The zero-order valence-electron chi connectivity index (χ0n) is 5.35. The molecule has 0 aromatic rings. The minimum absolute atomic E-state index is 0.622. The molecule has 0 unspecified atom stereocenters. The molecule has 0 aliphatic rings. The second-order valence-corrected chi connectivity index (χ2v) is 1.01. The number of nitrogens with zero attached hydrogens (tertiary/aromatic N) is 1. The topological polar surface area (TPSA) is 59.0 Å². The normalized spacial score (nSPS) is 6.25. The molecule has 0 bridgehead atoms. The first kappa shape index (κ1) is 10.4. The first-order valence-corrected chi connectivity index (χ1v) is 2.33. The van der Waals surface area contributed by atoms with Crippen molar-refractivity contribution in [3.05, 3.63) is 0 Å². The van der Waals surface area contributed by atoms with Crippen LogP contribution in [0.2, 0.25) is 0 Å². The van der Waals surface area contributed by atoms with Gasteiger partial charge in [-0.3, -0.25) is 0 Å². The number of rotatable bonds is 2. The van der Waals surface area contributed by atoms with E-state index in [1.807, 2.05) is 0 Å². The van der Waals surface area contributed by atoms with Gasteiger partial charge in [0.1, 0.15) is 0 Å². The summed E-state index contributed by atoms with van der Waals surface area (Å²) in [5, 5.41) is 7.32. The van der Waals surface area contributed by atoms with Crippen molar-refractivity contribution in [1.29, 1.82) is 5.26 Å². The molecule has 3 nitrogen and oxygen atoms in total. The van der Waals surface area contributed by atoms with Gasteiger partial charge in [-0.1, -0.05) is 0 Å². The van der Waals surface area contributed by atoms with Gasteiger partial charge in [-0.15, -0.1) is 0 Å². The van der Waals surface area contributed by atoms with Crippen LogP contribution in [-0.4, -0.2) is 20.3 Å². The second kappa shape index (κ2) is 16.1. The van der Waals surface area contributed by atoms with Crippen LogP contribution in [0.4, 0.5) is 0 Å².